The van der Waals surface area contributed by atoms with Crippen LogP contribution in [0.3, 0.4) is 0 Å². The fourth-order valence-corrected chi connectivity index (χ4v) is 3.14. The quantitative estimate of drug-likeness (QED) is 0.569. The largest absolute Gasteiger partial charge is 0.491 e. The Balaban J connectivity index is 2.15. The molecule has 3 amide bonds. The minimum atomic E-state index is -0.515. The van der Waals surface area contributed by atoms with Gasteiger partial charge in [-0.1, -0.05) is 39.9 Å². The van der Waals surface area contributed by atoms with Crippen LogP contribution in [0.4, 0.5) is 4.79 Å². The van der Waals surface area contributed by atoms with Crippen molar-refractivity contribution in [3.63, 3.8) is 0 Å². The molecule has 0 saturated carbocycles. The molecule has 1 aliphatic rings. The number of thiocarbonyl (C=S) groups is 1. The van der Waals surface area contributed by atoms with Gasteiger partial charge < -0.3 is 20.7 Å². The van der Waals surface area contributed by atoms with E-state index in [4.69, 9.17) is 22.7 Å². The Kier molecular flexibility index (Phi) is 6.03. The number of nitrogens with zero attached hydrogens (tertiary/aromatic N) is 1. The molecule has 1 fully saturated rings. The van der Waals surface area contributed by atoms with E-state index in [-0.39, 0.29) is 12.5 Å². The molecule has 0 spiro atoms. The third-order valence-electron chi connectivity index (χ3n) is 2.96. The molecule has 2 rings (SSSR count). The van der Waals surface area contributed by atoms with Crippen LogP contribution < -0.4 is 15.8 Å². The van der Waals surface area contributed by atoms with Gasteiger partial charge in [0.2, 0.25) is 0 Å². The number of urea groups is 1. The van der Waals surface area contributed by atoms with E-state index < -0.39 is 6.03 Å². The number of ether oxygens (including phenoxy) is 1. The van der Waals surface area contributed by atoms with E-state index in [1.807, 2.05) is 12.1 Å². The van der Waals surface area contributed by atoms with Gasteiger partial charge in [0, 0.05) is 17.1 Å². The Hall–Kier alpha value is -1.58. The van der Waals surface area contributed by atoms with E-state index in [9.17, 15) is 9.59 Å². The molecule has 0 bridgehead atoms. The molecule has 0 aromatic heterocycles. The van der Waals surface area contributed by atoms with E-state index >= 15 is 0 Å². The van der Waals surface area contributed by atoms with Gasteiger partial charge >= 0.3 is 6.03 Å². The Morgan fingerprint density at radius 3 is 2.91 bits per heavy atom. The molecule has 122 valence electrons. The summed E-state index contributed by atoms with van der Waals surface area (Å²) in [4.78, 5) is 24.6. The number of carbonyl (C=O) groups is 2. The topological polar surface area (TPSA) is 84.7 Å². The van der Waals surface area contributed by atoms with Gasteiger partial charge in [-0.3, -0.25) is 4.79 Å². The molecule has 0 aliphatic carbocycles. The van der Waals surface area contributed by atoms with Crippen molar-refractivity contribution in [2.75, 3.05) is 20.2 Å². The van der Waals surface area contributed by atoms with Gasteiger partial charge in [0.15, 0.2) is 0 Å². The van der Waals surface area contributed by atoms with Gasteiger partial charge in [-0.05, 0) is 24.3 Å². The third-order valence-corrected chi connectivity index (χ3v) is 4.62. The Morgan fingerprint density at radius 1 is 1.57 bits per heavy atom. The minimum Gasteiger partial charge on any atom is -0.491 e. The predicted octanol–water partition coefficient (Wildman–Crippen LogP) is 2.33. The molecular formula is C14H14BrN3O3S2. The summed E-state index contributed by atoms with van der Waals surface area (Å²) < 4.78 is 6.99. The number of hydrogen-bond acceptors (Lipinski definition) is 5. The number of primary amides is 1. The van der Waals surface area contributed by atoms with Crippen molar-refractivity contribution in [2.24, 2.45) is 5.73 Å². The zero-order valence-corrected chi connectivity index (χ0v) is 15.4. The molecule has 23 heavy (non-hydrogen) atoms. The number of likely N-dealkylation sites (N-methyl/N-ethyl adjacent to an activating group) is 1. The van der Waals surface area contributed by atoms with Crippen molar-refractivity contribution >= 4 is 62.2 Å². The maximum atomic E-state index is 11.8. The molecule has 1 aromatic carbocycles. The van der Waals surface area contributed by atoms with E-state index in [1.165, 1.54) is 16.7 Å². The molecule has 1 heterocycles. The van der Waals surface area contributed by atoms with Gasteiger partial charge in [0.25, 0.3) is 5.91 Å². The van der Waals surface area contributed by atoms with Crippen molar-refractivity contribution in [3.05, 3.63) is 33.1 Å². The zero-order chi connectivity index (χ0) is 17.0. The lowest BCUT2D eigenvalue weighted by atomic mass is 10.2. The number of benzene rings is 1. The maximum absolute atomic E-state index is 11.8. The van der Waals surface area contributed by atoms with Gasteiger partial charge in [0.05, 0.1) is 11.4 Å². The molecule has 3 N–H and O–H groups in total. The molecule has 1 aromatic rings. The average molecular weight is 416 g/mol. The minimum absolute atomic E-state index is 0.223. The summed E-state index contributed by atoms with van der Waals surface area (Å²) in [5.41, 5.74) is 5.90. The van der Waals surface area contributed by atoms with Gasteiger partial charge in [-0.15, -0.1) is 0 Å². The normalized spacial score (nSPS) is 15.7. The number of halogens is 1. The second-order valence-electron chi connectivity index (χ2n) is 4.64. The van der Waals surface area contributed by atoms with Gasteiger partial charge in [-0.2, -0.15) is 0 Å². The Labute approximate surface area is 151 Å². The number of amides is 3. The van der Waals surface area contributed by atoms with Crippen molar-refractivity contribution < 1.29 is 14.3 Å². The summed E-state index contributed by atoms with van der Waals surface area (Å²) in [6, 6.07) is 4.95. The first-order valence-electron chi connectivity index (χ1n) is 6.54. The lowest BCUT2D eigenvalue weighted by Crippen LogP contribution is -2.35. The van der Waals surface area contributed by atoms with Crippen LogP contribution in [-0.4, -0.2) is 41.4 Å². The van der Waals surface area contributed by atoms with Gasteiger partial charge in [-0.25, -0.2) is 4.79 Å². The molecule has 1 aliphatic heterocycles. The lowest BCUT2D eigenvalue weighted by Gasteiger charge is -2.15. The fourth-order valence-electron chi connectivity index (χ4n) is 1.73. The highest BCUT2D eigenvalue weighted by Crippen LogP contribution is 2.31. The Bertz CT molecular complexity index is 694. The van der Waals surface area contributed by atoms with Crippen molar-refractivity contribution in [1.82, 2.24) is 10.2 Å². The highest BCUT2D eigenvalue weighted by Gasteiger charge is 2.22. The van der Waals surface area contributed by atoms with E-state index in [0.29, 0.717) is 21.5 Å². The molecule has 6 nitrogen and oxygen atoms in total. The summed E-state index contributed by atoms with van der Waals surface area (Å²) >= 11 is 9.57. The van der Waals surface area contributed by atoms with E-state index in [0.717, 1.165) is 10.0 Å². The smallest absolute Gasteiger partial charge is 0.314 e. The van der Waals surface area contributed by atoms with Crippen molar-refractivity contribution in [3.8, 4) is 5.75 Å². The molecule has 0 atom stereocenters. The molecule has 9 heteroatoms. The van der Waals surface area contributed by atoms with Crippen LogP contribution in [-0.2, 0) is 4.79 Å². The highest BCUT2D eigenvalue weighted by molar-refractivity contribution is 9.10. The zero-order valence-electron chi connectivity index (χ0n) is 12.2. The van der Waals surface area contributed by atoms with Crippen LogP contribution >= 0.6 is 39.9 Å². The number of nitrogens with one attached hydrogen (secondary N) is 1. The SMILES string of the molecule is CN(CCOc1ccc(Br)cc1/C=C1\SC(=S)NC1=O)C(N)=O. The summed E-state index contributed by atoms with van der Waals surface area (Å²) in [5, 5.41) is 2.57. The maximum Gasteiger partial charge on any atom is 0.314 e. The first kappa shape index (κ1) is 17.8. The van der Waals surface area contributed by atoms with Crippen LogP contribution in [0.1, 0.15) is 5.56 Å². The predicted molar refractivity (Wildman–Crippen MR) is 98.2 cm³/mol. The average Bonchev–Trinajstić information content (AvgIpc) is 2.79. The van der Waals surface area contributed by atoms with Crippen molar-refractivity contribution in [2.45, 2.75) is 0 Å². The fraction of sp³-hybridized carbons (Fsp3) is 0.214. The second kappa shape index (κ2) is 7.80. The number of rotatable bonds is 5. The van der Waals surface area contributed by atoms with Crippen LogP contribution in [0.25, 0.3) is 6.08 Å². The molecule has 0 unspecified atom stereocenters. The number of carbonyl (C=O) groups excluding carboxylic acids is 2. The van der Waals surface area contributed by atoms with E-state index in [1.54, 1.807) is 19.2 Å². The van der Waals surface area contributed by atoms with Gasteiger partial charge in [0.1, 0.15) is 16.7 Å². The van der Waals surface area contributed by atoms with Crippen LogP contribution in [0, 0.1) is 0 Å². The molecule has 1 saturated heterocycles. The first-order chi connectivity index (χ1) is 10.9. The number of thioether (sulfide) groups is 1. The molecular weight excluding hydrogens is 402 g/mol. The highest BCUT2D eigenvalue weighted by atomic mass is 79.9. The number of nitrogens with two attached hydrogens (primary N) is 1. The number of hydrogen-bond donors (Lipinski definition) is 2. The lowest BCUT2D eigenvalue weighted by molar-refractivity contribution is -0.115. The first-order valence-corrected chi connectivity index (χ1v) is 8.56. The van der Waals surface area contributed by atoms with Crippen LogP contribution in [0.15, 0.2) is 27.6 Å². The molecule has 0 radical (unpaired) electrons. The summed E-state index contributed by atoms with van der Waals surface area (Å²) in [7, 11) is 1.59. The standard InChI is InChI=1S/C14H14BrN3O3S2/c1-18(13(16)20)4-5-21-10-3-2-9(15)6-8(10)7-11-12(19)17-14(22)23-11/h2-3,6-7H,4-5H2,1H3,(H2,16,20)(H,17,19,22)/b11-7-. The summed E-state index contributed by atoms with van der Waals surface area (Å²) in [6.45, 7) is 0.649. The van der Waals surface area contributed by atoms with Crippen LogP contribution in [0.5, 0.6) is 5.75 Å². The second-order valence-corrected chi connectivity index (χ2v) is 7.28. The summed E-state index contributed by atoms with van der Waals surface area (Å²) in [6.07, 6.45) is 1.72. The van der Waals surface area contributed by atoms with Crippen LogP contribution in [0.2, 0.25) is 0 Å². The monoisotopic (exact) mass is 415 g/mol. The third kappa shape index (κ3) is 4.95. The Morgan fingerprint density at radius 2 is 2.30 bits per heavy atom. The van der Waals surface area contributed by atoms with E-state index in [2.05, 4.69) is 21.2 Å². The van der Waals surface area contributed by atoms with Crippen molar-refractivity contribution in [1.29, 1.82) is 0 Å². The summed E-state index contributed by atoms with van der Waals surface area (Å²) in [5.74, 6) is 0.379.